The van der Waals surface area contributed by atoms with Crippen LogP contribution in [0.5, 0.6) is 5.75 Å². The summed E-state index contributed by atoms with van der Waals surface area (Å²) >= 11 is 5.54. The van der Waals surface area contributed by atoms with Crippen molar-refractivity contribution in [3.05, 3.63) is 28.8 Å². The molecule has 0 aliphatic carbocycles. The molecule has 1 aliphatic heterocycles. The molecule has 0 atom stereocenters. The normalized spacial score (nSPS) is 18.0. The number of nitrogens with zero attached hydrogens (tertiary/aromatic N) is 1. The molecule has 4 nitrogen and oxygen atoms in total. The number of fused-ring (bicyclic) bond motifs is 1. The van der Waals surface area contributed by atoms with Gasteiger partial charge in [0.25, 0.3) is 0 Å². The summed E-state index contributed by atoms with van der Waals surface area (Å²) in [6.45, 7) is 0. The van der Waals surface area contributed by atoms with Crippen LogP contribution in [0.25, 0.3) is 0 Å². The summed E-state index contributed by atoms with van der Waals surface area (Å²) in [7, 11) is -4.62. The molecule has 0 N–H and O–H groups in total. The molecule has 0 fully saturated rings. The van der Waals surface area contributed by atoms with Crippen molar-refractivity contribution in [2.45, 2.75) is 6.18 Å². The minimum absolute atomic E-state index is 0.0172. The molecule has 1 aromatic carbocycles. The van der Waals surface area contributed by atoms with Gasteiger partial charge in [0.15, 0.2) is 11.5 Å². The van der Waals surface area contributed by atoms with Crippen molar-refractivity contribution >= 4 is 27.6 Å². The lowest BCUT2D eigenvalue weighted by atomic mass is 10.1. The minimum atomic E-state index is -4.91. The van der Waals surface area contributed by atoms with Crippen molar-refractivity contribution in [1.82, 2.24) is 0 Å². The van der Waals surface area contributed by atoms with Gasteiger partial charge < -0.3 is 4.18 Å². The average molecular weight is 286 g/mol. The van der Waals surface area contributed by atoms with Gasteiger partial charge in [-0.1, -0.05) is 11.6 Å². The smallest absolute Gasteiger partial charge is 0.365 e. The summed E-state index contributed by atoms with van der Waals surface area (Å²) in [5.41, 5.74) is -2.04. The maximum absolute atomic E-state index is 12.6. The van der Waals surface area contributed by atoms with Crippen LogP contribution in [0, 0.1) is 0 Å². The maximum atomic E-state index is 12.6. The summed E-state index contributed by atoms with van der Waals surface area (Å²) in [4.78, 5) is 0. The first kappa shape index (κ1) is 12.2. The van der Waals surface area contributed by atoms with Crippen LogP contribution in [0.4, 0.5) is 13.2 Å². The third kappa shape index (κ3) is 2.37. The van der Waals surface area contributed by atoms with E-state index in [4.69, 9.17) is 11.6 Å². The molecular formula is C8H3ClF3NO3S. The Morgan fingerprint density at radius 1 is 1.29 bits per heavy atom. The van der Waals surface area contributed by atoms with Crippen molar-refractivity contribution in [2.24, 2.45) is 4.40 Å². The minimum Gasteiger partial charge on any atom is -0.365 e. The lowest BCUT2D eigenvalue weighted by molar-refractivity contribution is -0.0581. The second-order valence-corrected chi connectivity index (χ2v) is 4.73. The standard InChI is InChI=1S/C8H3ClF3NO3S/c9-4-1-2-6-5(3-4)7(8(10,11)12)13-17(14,15)16-6/h1-3H. The van der Waals surface area contributed by atoms with Crippen LogP contribution in [-0.2, 0) is 10.3 Å². The number of hydrogen-bond donors (Lipinski definition) is 0. The molecule has 0 unspecified atom stereocenters. The Bertz CT molecular complexity index is 609. The van der Waals surface area contributed by atoms with Gasteiger partial charge in [-0.15, -0.1) is 4.40 Å². The van der Waals surface area contributed by atoms with Gasteiger partial charge in [0.2, 0.25) is 0 Å². The van der Waals surface area contributed by atoms with Crippen LogP contribution in [0.1, 0.15) is 5.56 Å². The van der Waals surface area contributed by atoms with Crippen molar-refractivity contribution in [1.29, 1.82) is 0 Å². The van der Waals surface area contributed by atoms with Gasteiger partial charge in [0, 0.05) is 5.02 Å². The molecule has 0 radical (unpaired) electrons. The van der Waals surface area contributed by atoms with E-state index in [1.54, 1.807) is 0 Å². The molecule has 0 saturated heterocycles. The molecule has 0 spiro atoms. The number of alkyl halides is 3. The molecule has 1 heterocycles. The quantitative estimate of drug-likeness (QED) is 0.735. The lowest BCUT2D eigenvalue weighted by Crippen LogP contribution is -2.30. The zero-order valence-corrected chi connectivity index (χ0v) is 9.40. The highest BCUT2D eigenvalue weighted by Crippen LogP contribution is 2.34. The van der Waals surface area contributed by atoms with Gasteiger partial charge in [-0.3, -0.25) is 0 Å². The topological polar surface area (TPSA) is 55.7 Å². The lowest BCUT2D eigenvalue weighted by Gasteiger charge is -2.18. The van der Waals surface area contributed by atoms with Gasteiger partial charge in [-0.25, -0.2) is 0 Å². The highest BCUT2D eigenvalue weighted by molar-refractivity contribution is 7.86. The fourth-order valence-electron chi connectivity index (χ4n) is 1.26. The maximum Gasteiger partial charge on any atom is 0.435 e. The zero-order valence-electron chi connectivity index (χ0n) is 7.82. The van der Waals surface area contributed by atoms with Gasteiger partial charge in [0.1, 0.15) is 0 Å². The number of halogens is 4. The van der Waals surface area contributed by atoms with E-state index in [0.717, 1.165) is 12.1 Å². The van der Waals surface area contributed by atoms with Gasteiger partial charge in [0.05, 0.1) is 5.56 Å². The number of rotatable bonds is 0. The predicted molar refractivity (Wildman–Crippen MR) is 53.6 cm³/mol. The monoisotopic (exact) mass is 285 g/mol. The Morgan fingerprint density at radius 3 is 2.53 bits per heavy atom. The molecular weight excluding hydrogens is 283 g/mol. The van der Waals surface area contributed by atoms with Crippen molar-refractivity contribution in [2.75, 3.05) is 0 Å². The molecule has 9 heteroatoms. The Labute approximate surface area is 98.9 Å². The number of benzene rings is 1. The Hall–Kier alpha value is -1.28. The Balaban J connectivity index is 2.73. The van der Waals surface area contributed by atoms with Crippen molar-refractivity contribution in [3.63, 3.8) is 0 Å². The molecule has 0 saturated carbocycles. The largest absolute Gasteiger partial charge is 0.435 e. The molecule has 2 rings (SSSR count). The third-order valence-electron chi connectivity index (χ3n) is 1.86. The zero-order chi connectivity index (χ0) is 12.8. The second kappa shape index (κ2) is 3.61. The van der Waals surface area contributed by atoms with E-state index in [9.17, 15) is 21.6 Å². The number of hydrogen-bond acceptors (Lipinski definition) is 3. The molecule has 1 aromatic rings. The fourth-order valence-corrected chi connectivity index (χ4v) is 2.26. The van der Waals surface area contributed by atoms with E-state index < -0.39 is 33.5 Å². The van der Waals surface area contributed by atoms with Crippen LogP contribution in [-0.4, -0.2) is 20.3 Å². The van der Waals surface area contributed by atoms with E-state index >= 15 is 0 Å². The molecule has 17 heavy (non-hydrogen) atoms. The molecule has 92 valence electrons. The van der Waals surface area contributed by atoms with Crippen LogP contribution in [0.2, 0.25) is 5.02 Å². The van der Waals surface area contributed by atoms with Gasteiger partial charge in [-0.2, -0.15) is 21.6 Å². The van der Waals surface area contributed by atoms with Gasteiger partial charge in [-0.05, 0) is 18.2 Å². The first-order chi connectivity index (χ1) is 7.69. The first-order valence-corrected chi connectivity index (χ1v) is 5.85. The van der Waals surface area contributed by atoms with Crippen molar-refractivity contribution in [3.8, 4) is 5.75 Å². The SMILES string of the molecule is O=S1(=O)N=C(C(F)(F)F)c2cc(Cl)ccc2O1. The molecule has 0 bridgehead atoms. The van der Waals surface area contributed by atoms with E-state index in [1.165, 1.54) is 6.07 Å². The molecule has 0 aromatic heterocycles. The summed E-state index contributed by atoms with van der Waals surface area (Å²) in [6.07, 6.45) is -4.91. The van der Waals surface area contributed by atoms with Crippen LogP contribution in [0.15, 0.2) is 22.6 Å². The van der Waals surface area contributed by atoms with Gasteiger partial charge >= 0.3 is 16.5 Å². The fraction of sp³-hybridized carbons (Fsp3) is 0.125. The first-order valence-electron chi connectivity index (χ1n) is 4.10. The molecule has 1 aliphatic rings. The average Bonchev–Trinajstić information content (AvgIpc) is 2.15. The van der Waals surface area contributed by atoms with E-state index in [-0.39, 0.29) is 5.02 Å². The Morgan fingerprint density at radius 2 is 1.94 bits per heavy atom. The van der Waals surface area contributed by atoms with Crippen molar-refractivity contribution < 1.29 is 25.8 Å². The van der Waals surface area contributed by atoms with Crippen LogP contribution >= 0.6 is 11.6 Å². The summed E-state index contributed by atoms with van der Waals surface area (Å²) < 4.78 is 66.7. The highest BCUT2D eigenvalue weighted by Gasteiger charge is 2.43. The summed E-state index contributed by atoms with van der Waals surface area (Å²) in [5, 5.41) is 0.0172. The van der Waals surface area contributed by atoms with E-state index in [2.05, 4.69) is 8.58 Å². The summed E-state index contributed by atoms with van der Waals surface area (Å²) in [5.74, 6) is -0.447. The second-order valence-electron chi connectivity index (χ2n) is 3.09. The van der Waals surface area contributed by atoms with E-state index in [0.29, 0.717) is 0 Å². The van der Waals surface area contributed by atoms with Crippen LogP contribution < -0.4 is 4.18 Å². The summed E-state index contributed by atoms with van der Waals surface area (Å²) in [6, 6.07) is 3.20. The Kier molecular flexibility index (Phi) is 2.58. The molecule has 0 amide bonds. The predicted octanol–water partition coefficient (Wildman–Crippen LogP) is 2.33. The highest BCUT2D eigenvalue weighted by atomic mass is 35.5. The van der Waals surface area contributed by atoms with Crippen LogP contribution in [0.3, 0.4) is 0 Å². The third-order valence-corrected chi connectivity index (χ3v) is 2.89. The van der Waals surface area contributed by atoms with E-state index in [1.807, 2.05) is 0 Å².